The summed E-state index contributed by atoms with van der Waals surface area (Å²) in [6, 6.07) is 13.6. The van der Waals surface area contributed by atoms with Gasteiger partial charge in [-0.05, 0) is 87.8 Å². The van der Waals surface area contributed by atoms with E-state index in [9.17, 15) is 9.59 Å². The Morgan fingerprint density at radius 2 is 1.05 bits per heavy atom. The topological polar surface area (TPSA) is 52.6 Å². The van der Waals surface area contributed by atoms with Gasteiger partial charge in [0.1, 0.15) is 11.5 Å². The Morgan fingerprint density at radius 1 is 0.641 bits per heavy atom. The highest BCUT2D eigenvalue weighted by molar-refractivity contribution is 7.96. The molecule has 0 aliphatic carbocycles. The van der Waals surface area contributed by atoms with Crippen molar-refractivity contribution in [3.05, 3.63) is 87.0 Å². The third-order valence-electron chi connectivity index (χ3n) is 6.52. The van der Waals surface area contributed by atoms with Gasteiger partial charge in [0, 0.05) is 22.5 Å². The number of ether oxygens (including phenoxy) is 2. The molecule has 0 radical (unpaired) electrons. The monoisotopic (exact) mass is 546 g/mol. The number of aryl methyl sites for hydroxylation is 6. The molecule has 3 aromatic rings. The van der Waals surface area contributed by atoms with Crippen molar-refractivity contribution < 1.29 is 19.1 Å². The van der Waals surface area contributed by atoms with Crippen LogP contribution >= 0.6 is 7.92 Å². The smallest absolute Gasteiger partial charge is 0.197 e. The number of carbonyl (C=O) groups is 2. The normalized spacial score (nSPS) is 11.4. The molecule has 0 aromatic heterocycles. The van der Waals surface area contributed by atoms with Gasteiger partial charge in [-0.25, -0.2) is 0 Å². The van der Waals surface area contributed by atoms with Crippen LogP contribution in [0.15, 0.2) is 42.5 Å². The van der Waals surface area contributed by atoms with E-state index in [0.717, 1.165) is 33.4 Å². The van der Waals surface area contributed by atoms with Crippen molar-refractivity contribution in [2.75, 3.05) is 13.2 Å². The lowest BCUT2D eigenvalue weighted by Gasteiger charge is -2.24. The number of hydrogen-bond acceptors (Lipinski definition) is 4. The van der Waals surface area contributed by atoms with Gasteiger partial charge in [-0.2, -0.15) is 0 Å². The summed E-state index contributed by atoms with van der Waals surface area (Å²) in [5.74, 6) is 1.86. The first-order valence-electron chi connectivity index (χ1n) is 13.7. The van der Waals surface area contributed by atoms with Crippen LogP contribution < -0.4 is 14.8 Å². The van der Waals surface area contributed by atoms with Gasteiger partial charge in [-0.15, -0.1) is 0 Å². The number of hydrogen-bond donors (Lipinski definition) is 0. The van der Waals surface area contributed by atoms with Gasteiger partial charge in [-0.3, -0.25) is 9.59 Å². The molecule has 39 heavy (non-hydrogen) atoms. The van der Waals surface area contributed by atoms with E-state index in [1.807, 2.05) is 84.0 Å². The lowest BCUT2D eigenvalue weighted by molar-refractivity contribution is 0.105. The van der Waals surface area contributed by atoms with Crippen LogP contribution in [-0.4, -0.2) is 24.3 Å². The van der Waals surface area contributed by atoms with Gasteiger partial charge in [0.2, 0.25) is 0 Å². The second-order valence-corrected chi connectivity index (χ2v) is 13.5. The SMILES string of the molecule is Cc1cc(C)c(C(=O)P(C(=O)c2c(C)cc(C)cc2C)c2ccc(OCC(C)C)cc2OCC(C)C)c(C)c1. The highest BCUT2D eigenvalue weighted by Crippen LogP contribution is 2.48. The average Bonchev–Trinajstić information content (AvgIpc) is 2.81. The first-order valence-corrected chi connectivity index (χ1v) is 15.1. The summed E-state index contributed by atoms with van der Waals surface area (Å²) < 4.78 is 12.3. The maximum absolute atomic E-state index is 14.5. The summed E-state index contributed by atoms with van der Waals surface area (Å²) in [6.07, 6.45) is 0. The zero-order valence-electron chi connectivity index (χ0n) is 25.2. The molecule has 0 atom stereocenters. The molecule has 0 N–H and O–H groups in total. The molecule has 0 aliphatic rings. The largest absolute Gasteiger partial charge is 0.493 e. The van der Waals surface area contributed by atoms with E-state index in [1.165, 1.54) is 0 Å². The fourth-order valence-corrected chi connectivity index (χ4v) is 7.32. The summed E-state index contributed by atoms with van der Waals surface area (Å²) in [6.45, 7) is 21.2. The van der Waals surface area contributed by atoms with Gasteiger partial charge in [0.25, 0.3) is 0 Å². The van der Waals surface area contributed by atoms with E-state index in [4.69, 9.17) is 9.47 Å². The first kappa shape index (κ1) is 30.6. The van der Waals surface area contributed by atoms with Gasteiger partial charge in [-0.1, -0.05) is 63.1 Å². The Morgan fingerprint density at radius 3 is 1.46 bits per heavy atom. The maximum Gasteiger partial charge on any atom is 0.197 e. The third kappa shape index (κ3) is 7.37. The predicted octanol–water partition coefficient (Wildman–Crippen LogP) is 8.39. The molecule has 0 unspecified atom stereocenters. The van der Waals surface area contributed by atoms with E-state index in [0.29, 0.717) is 47.1 Å². The Bertz CT molecular complexity index is 1250. The van der Waals surface area contributed by atoms with Crippen molar-refractivity contribution in [1.82, 2.24) is 0 Å². The minimum Gasteiger partial charge on any atom is -0.493 e. The molecule has 0 spiro atoms. The molecular weight excluding hydrogens is 503 g/mol. The van der Waals surface area contributed by atoms with Gasteiger partial charge in [0.05, 0.1) is 21.1 Å². The fraction of sp³-hybridized carbons (Fsp3) is 0.412. The Kier molecular flexibility index (Phi) is 10.1. The van der Waals surface area contributed by atoms with Crippen molar-refractivity contribution >= 4 is 24.3 Å². The molecule has 0 bridgehead atoms. The molecule has 208 valence electrons. The van der Waals surface area contributed by atoms with Crippen molar-refractivity contribution in [3.8, 4) is 11.5 Å². The second kappa shape index (κ2) is 12.9. The lowest BCUT2D eigenvalue weighted by atomic mass is 10.0. The Balaban J connectivity index is 2.26. The van der Waals surface area contributed by atoms with Crippen molar-refractivity contribution in [2.24, 2.45) is 11.8 Å². The molecule has 3 rings (SSSR count). The standard InChI is InChI=1S/C34H43O4P/c1-20(2)18-37-28-11-12-30(29(17-28)38-19-21(3)4)39(33(35)31-24(7)13-22(5)14-25(31)8)34(36)32-26(9)15-23(6)16-27(32)10/h11-17,20-21H,18-19H2,1-10H3. The van der Waals surface area contributed by atoms with Crippen LogP contribution in [0.5, 0.6) is 11.5 Å². The summed E-state index contributed by atoms with van der Waals surface area (Å²) in [4.78, 5) is 29.0. The van der Waals surface area contributed by atoms with Crippen LogP contribution in [0.3, 0.4) is 0 Å². The number of benzene rings is 3. The van der Waals surface area contributed by atoms with Crippen LogP contribution in [0, 0.1) is 53.4 Å². The minimum atomic E-state index is -1.96. The van der Waals surface area contributed by atoms with E-state index in [2.05, 4.69) is 27.7 Å². The van der Waals surface area contributed by atoms with Gasteiger partial charge >= 0.3 is 0 Å². The third-order valence-corrected chi connectivity index (χ3v) is 8.63. The van der Waals surface area contributed by atoms with Gasteiger partial charge in [0.15, 0.2) is 11.0 Å². The van der Waals surface area contributed by atoms with E-state index in [1.54, 1.807) is 0 Å². The number of carbonyl (C=O) groups excluding carboxylic acids is 2. The molecule has 4 nitrogen and oxygen atoms in total. The van der Waals surface area contributed by atoms with Crippen LogP contribution in [-0.2, 0) is 0 Å². The summed E-state index contributed by atoms with van der Waals surface area (Å²) in [5.41, 5.74) is 6.69. The zero-order chi connectivity index (χ0) is 29.0. The molecule has 0 saturated heterocycles. The number of rotatable bonds is 11. The quantitative estimate of drug-likeness (QED) is 0.227. The molecule has 5 heteroatoms. The molecule has 0 amide bonds. The van der Waals surface area contributed by atoms with E-state index in [-0.39, 0.29) is 17.0 Å². The lowest BCUT2D eigenvalue weighted by Crippen LogP contribution is -2.22. The maximum atomic E-state index is 14.5. The Hall–Kier alpha value is -2.97. The highest BCUT2D eigenvalue weighted by Gasteiger charge is 2.36. The average molecular weight is 547 g/mol. The second-order valence-electron chi connectivity index (χ2n) is 11.5. The van der Waals surface area contributed by atoms with E-state index < -0.39 is 7.92 Å². The Labute approximate surface area is 235 Å². The fourth-order valence-electron chi connectivity index (χ4n) is 4.97. The van der Waals surface area contributed by atoms with Crippen LogP contribution in [0.4, 0.5) is 0 Å². The highest BCUT2D eigenvalue weighted by atomic mass is 31.1. The molecule has 0 saturated carbocycles. The van der Waals surface area contributed by atoms with Crippen molar-refractivity contribution in [3.63, 3.8) is 0 Å². The van der Waals surface area contributed by atoms with E-state index >= 15 is 0 Å². The first-order chi connectivity index (χ1) is 18.3. The molecule has 0 aliphatic heterocycles. The van der Waals surface area contributed by atoms with Gasteiger partial charge < -0.3 is 9.47 Å². The van der Waals surface area contributed by atoms with Crippen LogP contribution in [0.2, 0.25) is 0 Å². The minimum absolute atomic E-state index is 0.144. The zero-order valence-corrected chi connectivity index (χ0v) is 26.1. The van der Waals surface area contributed by atoms with Crippen molar-refractivity contribution in [2.45, 2.75) is 69.2 Å². The molecule has 0 heterocycles. The molecule has 3 aromatic carbocycles. The predicted molar refractivity (Wildman–Crippen MR) is 164 cm³/mol. The van der Waals surface area contributed by atoms with Crippen molar-refractivity contribution in [1.29, 1.82) is 0 Å². The van der Waals surface area contributed by atoms with Crippen LogP contribution in [0.25, 0.3) is 0 Å². The molecular formula is C34H43O4P. The summed E-state index contributed by atoms with van der Waals surface area (Å²) >= 11 is 0. The summed E-state index contributed by atoms with van der Waals surface area (Å²) in [7, 11) is -1.96. The summed E-state index contributed by atoms with van der Waals surface area (Å²) in [5, 5.41) is 0.635. The van der Waals surface area contributed by atoms with Crippen LogP contribution in [0.1, 0.15) is 81.8 Å². The molecule has 0 fully saturated rings.